The maximum absolute atomic E-state index is 12.2. The van der Waals surface area contributed by atoms with Gasteiger partial charge >= 0.3 is 0 Å². The number of nitrogens with one attached hydrogen (secondary N) is 1. The first kappa shape index (κ1) is 15.9. The zero-order valence-corrected chi connectivity index (χ0v) is 14.5. The van der Waals surface area contributed by atoms with Gasteiger partial charge in [-0.3, -0.25) is 4.72 Å². The highest BCUT2D eigenvalue weighted by molar-refractivity contribution is 7.92. The fourth-order valence-electron chi connectivity index (χ4n) is 3.12. The quantitative estimate of drug-likeness (QED) is 0.762. The Labute approximate surface area is 137 Å². The molecule has 3 aromatic rings. The van der Waals surface area contributed by atoms with E-state index in [1.165, 1.54) is 5.52 Å². The van der Waals surface area contributed by atoms with Gasteiger partial charge in [0.1, 0.15) is 0 Å². The number of anilines is 1. The summed E-state index contributed by atoms with van der Waals surface area (Å²) in [5, 5.41) is 2.22. The number of fused-ring (bicyclic) bond motifs is 3. The van der Waals surface area contributed by atoms with Crippen LogP contribution in [0.15, 0.2) is 42.5 Å². The number of hydrogen-bond acceptors (Lipinski definition) is 2. The fraction of sp³-hybridized carbons (Fsp3) is 0.333. The molecule has 1 aromatic heterocycles. The molecule has 5 heteroatoms. The van der Waals surface area contributed by atoms with Crippen molar-refractivity contribution in [2.75, 3.05) is 10.5 Å². The topological polar surface area (TPSA) is 51.1 Å². The van der Waals surface area contributed by atoms with Crippen molar-refractivity contribution in [3.8, 4) is 0 Å². The van der Waals surface area contributed by atoms with E-state index < -0.39 is 10.0 Å². The molecular formula is C18H22N2O2S. The van der Waals surface area contributed by atoms with Gasteiger partial charge in [0.25, 0.3) is 0 Å². The Hall–Kier alpha value is -2.01. The third kappa shape index (κ3) is 3.06. The van der Waals surface area contributed by atoms with Gasteiger partial charge in [-0.15, -0.1) is 0 Å². The Kier molecular flexibility index (Phi) is 4.06. The number of benzene rings is 2. The number of sulfonamides is 1. The van der Waals surface area contributed by atoms with Gasteiger partial charge < -0.3 is 4.57 Å². The van der Waals surface area contributed by atoms with Crippen LogP contribution in [0.5, 0.6) is 0 Å². The predicted molar refractivity (Wildman–Crippen MR) is 97.4 cm³/mol. The van der Waals surface area contributed by atoms with Gasteiger partial charge in [-0.05, 0) is 37.1 Å². The number of hydrogen-bond donors (Lipinski definition) is 1. The first-order chi connectivity index (χ1) is 10.9. The molecule has 0 unspecified atom stereocenters. The van der Waals surface area contributed by atoms with Crippen LogP contribution in [0.25, 0.3) is 21.8 Å². The summed E-state index contributed by atoms with van der Waals surface area (Å²) in [5.74, 6) is 0.222. The van der Waals surface area contributed by atoms with E-state index in [2.05, 4.69) is 28.3 Å². The van der Waals surface area contributed by atoms with E-state index in [4.69, 9.17) is 0 Å². The Bertz CT molecular complexity index is 956. The Balaban J connectivity index is 2.11. The molecule has 0 fully saturated rings. The zero-order chi connectivity index (χ0) is 16.6. The van der Waals surface area contributed by atoms with E-state index in [0.29, 0.717) is 5.69 Å². The summed E-state index contributed by atoms with van der Waals surface area (Å²) in [6.45, 7) is 6.79. The number of nitrogens with zero attached hydrogens (tertiary/aromatic N) is 1. The maximum atomic E-state index is 12.2. The van der Waals surface area contributed by atoms with Crippen molar-refractivity contribution < 1.29 is 8.42 Å². The largest absolute Gasteiger partial charge is 0.341 e. The summed E-state index contributed by atoms with van der Waals surface area (Å²) < 4.78 is 29.3. The third-order valence-corrected chi connectivity index (χ3v) is 5.57. The lowest BCUT2D eigenvalue weighted by Gasteiger charge is -2.10. The van der Waals surface area contributed by atoms with Gasteiger partial charge in [-0.25, -0.2) is 8.42 Å². The predicted octanol–water partition coefficient (Wildman–Crippen LogP) is 4.21. The molecule has 0 radical (unpaired) electrons. The Morgan fingerprint density at radius 3 is 2.43 bits per heavy atom. The summed E-state index contributed by atoms with van der Waals surface area (Å²) in [7, 11) is -3.31. The fourth-order valence-corrected chi connectivity index (χ4v) is 4.56. The van der Waals surface area contributed by atoms with Gasteiger partial charge in [-0.1, -0.05) is 32.0 Å². The zero-order valence-electron chi connectivity index (χ0n) is 13.7. The van der Waals surface area contributed by atoms with Crippen LogP contribution in [0.1, 0.15) is 20.8 Å². The van der Waals surface area contributed by atoms with Crippen LogP contribution in [0.4, 0.5) is 5.69 Å². The average molecular weight is 330 g/mol. The van der Waals surface area contributed by atoms with Crippen LogP contribution in [0.3, 0.4) is 0 Å². The van der Waals surface area contributed by atoms with E-state index in [9.17, 15) is 8.42 Å². The van der Waals surface area contributed by atoms with Crippen molar-refractivity contribution in [3.05, 3.63) is 42.5 Å². The molecule has 0 spiro atoms. The van der Waals surface area contributed by atoms with Crippen molar-refractivity contribution in [1.82, 2.24) is 4.57 Å². The van der Waals surface area contributed by atoms with Crippen LogP contribution in [0.2, 0.25) is 0 Å². The number of aryl methyl sites for hydroxylation is 1. The van der Waals surface area contributed by atoms with E-state index in [1.54, 1.807) is 0 Å². The van der Waals surface area contributed by atoms with Crippen molar-refractivity contribution in [3.63, 3.8) is 0 Å². The second-order valence-electron chi connectivity index (χ2n) is 6.27. The summed E-state index contributed by atoms with van der Waals surface area (Å²) in [4.78, 5) is 0. The van der Waals surface area contributed by atoms with E-state index in [1.807, 2.05) is 44.2 Å². The third-order valence-electron chi connectivity index (χ3n) is 3.91. The minimum Gasteiger partial charge on any atom is -0.341 e. The number of rotatable bonds is 5. The monoisotopic (exact) mass is 330 g/mol. The molecule has 23 heavy (non-hydrogen) atoms. The molecule has 0 aliphatic heterocycles. The Morgan fingerprint density at radius 1 is 1.04 bits per heavy atom. The SMILES string of the molecule is CCn1c2ccccc2c2cc(NS(=O)(=O)CC(C)C)ccc21. The van der Waals surface area contributed by atoms with E-state index >= 15 is 0 Å². The second-order valence-corrected chi connectivity index (χ2v) is 8.04. The summed E-state index contributed by atoms with van der Waals surface area (Å²) in [6.07, 6.45) is 0. The summed E-state index contributed by atoms with van der Waals surface area (Å²) in [5.41, 5.74) is 2.92. The second kappa shape index (κ2) is 5.89. The average Bonchev–Trinajstić information content (AvgIpc) is 2.78. The van der Waals surface area contributed by atoms with Crippen LogP contribution in [0, 0.1) is 5.92 Å². The van der Waals surface area contributed by atoms with Gasteiger partial charge in [0, 0.05) is 34.0 Å². The molecule has 0 amide bonds. The molecule has 1 N–H and O–H groups in total. The van der Waals surface area contributed by atoms with Crippen LogP contribution in [-0.4, -0.2) is 18.7 Å². The lowest BCUT2D eigenvalue weighted by molar-refractivity contribution is 0.587. The first-order valence-electron chi connectivity index (χ1n) is 7.93. The summed E-state index contributed by atoms with van der Waals surface area (Å²) >= 11 is 0. The smallest absolute Gasteiger partial charge is 0.232 e. The molecule has 4 nitrogen and oxygen atoms in total. The molecule has 0 aliphatic rings. The lowest BCUT2D eigenvalue weighted by Crippen LogP contribution is -2.19. The van der Waals surface area contributed by atoms with Crippen LogP contribution < -0.4 is 4.72 Å². The molecule has 0 aliphatic carbocycles. The molecule has 2 aromatic carbocycles. The van der Waals surface area contributed by atoms with E-state index in [-0.39, 0.29) is 11.7 Å². The van der Waals surface area contributed by atoms with Crippen LogP contribution >= 0.6 is 0 Å². The maximum Gasteiger partial charge on any atom is 0.232 e. The van der Waals surface area contributed by atoms with Gasteiger partial charge in [-0.2, -0.15) is 0 Å². The molecule has 0 saturated carbocycles. The standard InChI is InChI=1S/C18H22N2O2S/c1-4-20-17-8-6-5-7-15(17)16-11-14(9-10-18(16)20)19-23(21,22)12-13(2)3/h5-11,13,19H,4,12H2,1-3H3. The molecule has 1 heterocycles. The van der Waals surface area contributed by atoms with Crippen molar-refractivity contribution in [2.45, 2.75) is 27.3 Å². The summed E-state index contributed by atoms with van der Waals surface area (Å²) in [6, 6.07) is 14.0. The highest BCUT2D eigenvalue weighted by atomic mass is 32.2. The number of para-hydroxylation sites is 1. The first-order valence-corrected chi connectivity index (χ1v) is 9.58. The van der Waals surface area contributed by atoms with E-state index in [0.717, 1.165) is 22.8 Å². The van der Waals surface area contributed by atoms with Crippen molar-refractivity contribution in [1.29, 1.82) is 0 Å². The molecule has 122 valence electrons. The van der Waals surface area contributed by atoms with Gasteiger partial charge in [0.05, 0.1) is 5.75 Å². The highest BCUT2D eigenvalue weighted by Crippen LogP contribution is 2.31. The minimum absolute atomic E-state index is 0.0956. The molecule has 0 bridgehead atoms. The van der Waals surface area contributed by atoms with Crippen molar-refractivity contribution >= 4 is 37.5 Å². The lowest BCUT2D eigenvalue weighted by atomic mass is 10.1. The highest BCUT2D eigenvalue weighted by Gasteiger charge is 2.15. The number of aromatic nitrogens is 1. The molecular weight excluding hydrogens is 308 g/mol. The molecule has 3 rings (SSSR count). The normalized spacial score (nSPS) is 12.3. The molecule has 0 atom stereocenters. The molecule has 0 saturated heterocycles. The van der Waals surface area contributed by atoms with Crippen LogP contribution in [-0.2, 0) is 16.6 Å². The van der Waals surface area contributed by atoms with Crippen molar-refractivity contribution in [2.24, 2.45) is 5.92 Å². The van der Waals surface area contributed by atoms with Gasteiger partial charge in [0.15, 0.2) is 0 Å². The van der Waals surface area contributed by atoms with Gasteiger partial charge in [0.2, 0.25) is 10.0 Å². The minimum atomic E-state index is -3.31. The Morgan fingerprint density at radius 2 is 1.74 bits per heavy atom.